The Kier molecular flexibility index (Phi) is 1.46. The lowest BCUT2D eigenvalue weighted by molar-refractivity contribution is 0.698. The highest BCUT2D eigenvalue weighted by Gasteiger charge is 2.18. The van der Waals surface area contributed by atoms with Gasteiger partial charge in [0.2, 0.25) is 0 Å². The van der Waals surface area contributed by atoms with Gasteiger partial charge in [-0.05, 0) is 18.6 Å². The second kappa shape index (κ2) is 2.46. The summed E-state index contributed by atoms with van der Waals surface area (Å²) in [6.45, 7) is 2.05. The van der Waals surface area contributed by atoms with E-state index in [0.717, 1.165) is 0 Å². The number of rotatable bonds is 0. The third-order valence-corrected chi connectivity index (χ3v) is 1.89. The van der Waals surface area contributed by atoms with Gasteiger partial charge in [0, 0.05) is 12.4 Å². The van der Waals surface area contributed by atoms with Crippen molar-refractivity contribution in [1.29, 1.82) is 0 Å². The average molecular weight is 146 g/mol. The van der Waals surface area contributed by atoms with E-state index in [1.165, 1.54) is 5.57 Å². The lowest BCUT2D eigenvalue weighted by atomic mass is 10.0. The van der Waals surface area contributed by atoms with Gasteiger partial charge < -0.3 is 0 Å². The predicted molar refractivity (Wildman–Crippen MR) is 47.5 cm³/mol. The van der Waals surface area contributed by atoms with Crippen molar-refractivity contribution in [2.45, 2.75) is 19.0 Å². The van der Waals surface area contributed by atoms with Crippen molar-refractivity contribution in [2.24, 2.45) is 9.98 Å². The highest BCUT2D eigenvalue weighted by molar-refractivity contribution is 5.81. The first kappa shape index (κ1) is 6.53. The summed E-state index contributed by atoms with van der Waals surface area (Å²) in [5.41, 5.74) is 1.21. The Balaban J connectivity index is 2.29. The number of hydrogen-bond donors (Lipinski definition) is 0. The second-order valence-corrected chi connectivity index (χ2v) is 2.85. The van der Waals surface area contributed by atoms with Gasteiger partial charge in [-0.1, -0.05) is 12.2 Å². The molecule has 0 fully saturated rings. The molecule has 2 unspecified atom stereocenters. The summed E-state index contributed by atoms with van der Waals surface area (Å²) in [4.78, 5) is 8.64. The minimum atomic E-state index is 0.253. The average Bonchev–Trinajstić information content (AvgIpc) is 2.04. The molecule has 0 aromatic heterocycles. The van der Waals surface area contributed by atoms with Gasteiger partial charge in [-0.3, -0.25) is 9.98 Å². The van der Waals surface area contributed by atoms with Gasteiger partial charge in [-0.25, -0.2) is 0 Å². The van der Waals surface area contributed by atoms with Gasteiger partial charge in [0.15, 0.2) is 0 Å². The summed E-state index contributed by atoms with van der Waals surface area (Å²) in [5.74, 6) is 0. The molecule has 0 N–H and O–H groups in total. The van der Waals surface area contributed by atoms with Crippen molar-refractivity contribution in [1.82, 2.24) is 0 Å². The lowest BCUT2D eigenvalue weighted by Gasteiger charge is -2.20. The highest BCUT2D eigenvalue weighted by Crippen LogP contribution is 2.15. The molecule has 0 aromatic carbocycles. The highest BCUT2D eigenvalue weighted by atomic mass is 14.9. The van der Waals surface area contributed by atoms with Gasteiger partial charge in [0.05, 0.1) is 12.1 Å². The van der Waals surface area contributed by atoms with E-state index >= 15 is 0 Å². The largest absolute Gasteiger partial charge is 0.283 e. The molecule has 2 aliphatic rings. The van der Waals surface area contributed by atoms with E-state index in [4.69, 9.17) is 0 Å². The van der Waals surface area contributed by atoms with E-state index in [0.29, 0.717) is 0 Å². The fourth-order valence-corrected chi connectivity index (χ4v) is 1.31. The van der Waals surface area contributed by atoms with Crippen LogP contribution in [0.5, 0.6) is 0 Å². The van der Waals surface area contributed by atoms with E-state index in [9.17, 15) is 0 Å². The van der Waals surface area contributed by atoms with Crippen LogP contribution in [0.4, 0.5) is 0 Å². The van der Waals surface area contributed by atoms with Crippen molar-refractivity contribution in [3.8, 4) is 0 Å². The third-order valence-electron chi connectivity index (χ3n) is 1.89. The maximum atomic E-state index is 4.34. The van der Waals surface area contributed by atoms with Gasteiger partial charge >= 0.3 is 0 Å². The van der Waals surface area contributed by atoms with E-state index in [-0.39, 0.29) is 12.1 Å². The fourth-order valence-electron chi connectivity index (χ4n) is 1.31. The molecule has 2 nitrogen and oxygen atoms in total. The Bertz CT molecular complexity index is 271. The molecule has 2 rings (SSSR count). The summed E-state index contributed by atoms with van der Waals surface area (Å²) < 4.78 is 0. The van der Waals surface area contributed by atoms with Crippen LogP contribution in [0.1, 0.15) is 6.92 Å². The Hall–Kier alpha value is -1.18. The molecule has 2 heteroatoms. The summed E-state index contributed by atoms with van der Waals surface area (Å²) in [6, 6.07) is 0.508. The Labute approximate surface area is 66.1 Å². The minimum absolute atomic E-state index is 0.253. The molecule has 2 atom stereocenters. The smallest absolute Gasteiger partial charge is 0.0945 e. The van der Waals surface area contributed by atoms with Crippen LogP contribution < -0.4 is 0 Å². The number of dihydropyridines is 2. The minimum Gasteiger partial charge on any atom is -0.283 e. The molecule has 56 valence electrons. The first-order valence-corrected chi connectivity index (χ1v) is 3.78. The molecule has 11 heavy (non-hydrogen) atoms. The molecule has 0 bridgehead atoms. The van der Waals surface area contributed by atoms with Gasteiger partial charge in [-0.2, -0.15) is 0 Å². The van der Waals surface area contributed by atoms with Crippen LogP contribution in [0.25, 0.3) is 0 Å². The zero-order chi connectivity index (χ0) is 7.68. The van der Waals surface area contributed by atoms with E-state index in [1.54, 1.807) is 0 Å². The normalized spacial score (nSPS) is 33.4. The molecule has 2 heterocycles. The topological polar surface area (TPSA) is 24.7 Å². The van der Waals surface area contributed by atoms with Crippen LogP contribution in [-0.4, -0.2) is 24.5 Å². The number of nitrogens with zero attached hydrogens (tertiary/aromatic N) is 2. The number of allylic oxidation sites excluding steroid dienone is 2. The molecule has 0 radical (unpaired) electrons. The number of fused-ring (bicyclic) bond motifs is 1. The summed E-state index contributed by atoms with van der Waals surface area (Å²) in [6.07, 6.45) is 9.93. The molecule has 0 aromatic rings. The van der Waals surface area contributed by atoms with Crippen molar-refractivity contribution in [3.05, 3.63) is 23.8 Å². The monoisotopic (exact) mass is 146 g/mol. The zero-order valence-electron chi connectivity index (χ0n) is 6.44. The zero-order valence-corrected chi connectivity index (χ0v) is 6.44. The van der Waals surface area contributed by atoms with Crippen LogP contribution >= 0.6 is 0 Å². The summed E-state index contributed by atoms with van der Waals surface area (Å²) in [5, 5.41) is 0. The van der Waals surface area contributed by atoms with E-state index < -0.39 is 0 Å². The molecule has 2 aliphatic heterocycles. The molecular formula is C9H10N2. The Morgan fingerprint density at radius 1 is 1.27 bits per heavy atom. The van der Waals surface area contributed by atoms with Crippen LogP contribution in [0.2, 0.25) is 0 Å². The van der Waals surface area contributed by atoms with Crippen molar-refractivity contribution >= 4 is 12.4 Å². The SMILES string of the molecule is CC1=CC2N=CC=CC2N=C1. The van der Waals surface area contributed by atoms with Crippen LogP contribution in [0.15, 0.2) is 33.8 Å². The van der Waals surface area contributed by atoms with Crippen LogP contribution in [0.3, 0.4) is 0 Å². The molecule has 0 saturated heterocycles. The van der Waals surface area contributed by atoms with Crippen LogP contribution in [0, 0.1) is 0 Å². The van der Waals surface area contributed by atoms with Crippen molar-refractivity contribution in [3.63, 3.8) is 0 Å². The molecule has 0 aliphatic carbocycles. The van der Waals surface area contributed by atoms with Crippen molar-refractivity contribution < 1.29 is 0 Å². The Morgan fingerprint density at radius 2 is 2.18 bits per heavy atom. The predicted octanol–water partition coefficient (Wildman–Crippen LogP) is 1.39. The van der Waals surface area contributed by atoms with E-state index in [1.807, 2.05) is 25.4 Å². The third kappa shape index (κ3) is 1.16. The maximum Gasteiger partial charge on any atom is 0.0945 e. The molecule has 0 saturated carbocycles. The first-order valence-electron chi connectivity index (χ1n) is 3.78. The molecular weight excluding hydrogens is 136 g/mol. The first-order chi connectivity index (χ1) is 5.36. The quantitative estimate of drug-likeness (QED) is 0.493. The Morgan fingerprint density at radius 3 is 3.09 bits per heavy atom. The maximum absolute atomic E-state index is 4.34. The number of hydrogen-bond acceptors (Lipinski definition) is 2. The summed E-state index contributed by atoms with van der Waals surface area (Å²) in [7, 11) is 0. The lowest BCUT2D eigenvalue weighted by Crippen LogP contribution is -2.24. The van der Waals surface area contributed by atoms with Crippen LogP contribution in [-0.2, 0) is 0 Å². The number of aliphatic imine (C=N–C) groups is 2. The fraction of sp³-hybridized carbons (Fsp3) is 0.333. The standard InChI is InChI=1S/C9H10N2/c1-7-5-9-8(11-6-7)3-2-4-10-9/h2-6,8-9H,1H3. The van der Waals surface area contributed by atoms with Gasteiger partial charge in [0.1, 0.15) is 0 Å². The second-order valence-electron chi connectivity index (χ2n) is 2.85. The molecule has 0 amide bonds. The van der Waals surface area contributed by atoms with Gasteiger partial charge in [0.25, 0.3) is 0 Å². The van der Waals surface area contributed by atoms with Gasteiger partial charge in [-0.15, -0.1) is 0 Å². The van der Waals surface area contributed by atoms with Crippen molar-refractivity contribution in [2.75, 3.05) is 0 Å². The summed E-state index contributed by atoms with van der Waals surface area (Å²) >= 11 is 0. The molecule has 0 spiro atoms. The van der Waals surface area contributed by atoms with E-state index in [2.05, 4.69) is 22.1 Å².